The summed E-state index contributed by atoms with van der Waals surface area (Å²) in [7, 11) is 0. The third-order valence-electron chi connectivity index (χ3n) is 3.98. The Bertz CT molecular complexity index is 729. The lowest BCUT2D eigenvalue weighted by Gasteiger charge is -2.14. The molecule has 0 amide bonds. The van der Waals surface area contributed by atoms with E-state index in [1.165, 1.54) is 5.56 Å². The minimum Gasteiger partial charge on any atom is -0.395 e. The van der Waals surface area contributed by atoms with Gasteiger partial charge in [0.25, 0.3) is 0 Å². The number of para-hydroxylation sites is 2. The highest BCUT2D eigenvalue weighted by molar-refractivity contribution is 5.77. The molecule has 0 radical (unpaired) electrons. The van der Waals surface area contributed by atoms with Crippen LogP contribution in [0, 0.1) is 0 Å². The number of nitrogens with one attached hydrogen (secondary N) is 1. The maximum Gasteiger partial charge on any atom is 0.100 e. The predicted molar refractivity (Wildman–Crippen MR) is 89.1 cm³/mol. The molecule has 2 aromatic carbocycles. The van der Waals surface area contributed by atoms with Gasteiger partial charge in [0.2, 0.25) is 0 Å². The largest absolute Gasteiger partial charge is 0.395 e. The quantitative estimate of drug-likeness (QED) is 0.735. The zero-order chi connectivity index (χ0) is 15.4. The number of hydrogen-bond acceptors (Lipinski definition) is 3. The monoisotopic (exact) mass is 295 g/mol. The van der Waals surface area contributed by atoms with E-state index in [-0.39, 0.29) is 12.6 Å². The Morgan fingerprint density at radius 1 is 1.14 bits per heavy atom. The van der Waals surface area contributed by atoms with Crippen LogP contribution in [0.25, 0.3) is 16.7 Å². The van der Waals surface area contributed by atoms with Gasteiger partial charge in [-0.1, -0.05) is 31.2 Å². The number of fused-ring (bicyclic) bond motifs is 1. The van der Waals surface area contributed by atoms with Crippen LogP contribution in [0.15, 0.2) is 54.9 Å². The normalized spacial score (nSPS) is 12.6. The van der Waals surface area contributed by atoms with Gasteiger partial charge < -0.3 is 10.4 Å². The summed E-state index contributed by atoms with van der Waals surface area (Å²) >= 11 is 0. The molecule has 1 aromatic heterocycles. The van der Waals surface area contributed by atoms with Crippen LogP contribution in [0.2, 0.25) is 0 Å². The lowest BCUT2D eigenvalue weighted by atomic mass is 10.1. The Kier molecular flexibility index (Phi) is 4.51. The van der Waals surface area contributed by atoms with E-state index in [9.17, 15) is 5.11 Å². The Morgan fingerprint density at radius 2 is 1.91 bits per heavy atom. The number of nitrogens with zero attached hydrogens (tertiary/aromatic N) is 2. The lowest BCUT2D eigenvalue weighted by Crippen LogP contribution is -2.31. The molecule has 22 heavy (non-hydrogen) atoms. The van der Waals surface area contributed by atoms with Gasteiger partial charge in [-0.25, -0.2) is 4.98 Å². The van der Waals surface area contributed by atoms with Gasteiger partial charge in [0.1, 0.15) is 6.33 Å². The summed E-state index contributed by atoms with van der Waals surface area (Å²) in [5, 5.41) is 12.6. The molecule has 0 saturated heterocycles. The number of benzene rings is 2. The van der Waals surface area contributed by atoms with E-state index in [1.54, 1.807) is 0 Å². The molecule has 0 aliphatic carbocycles. The number of aromatic nitrogens is 2. The van der Waals surface area contributed by atoms with Crippen molar-refractivity contribution in [3.05, 3.63) is 60.4 Å². The van der Waals surface area contributed by atoms with Crippen molar-refractivity contribution >= 4 is 11.0 Å². The standard InChI is InChI=1S/C18H21N3O/c1-2-15(12-22)19-11-14-7-9-16(10-8-14)21-13-20-17-5-3-4-6-18(17)21/h3-10,13,15,19,22H,2,11-12H2,1H3. The van der Waals surface area contributed by atoms with Gasteiger partial charge in [0, 0.05) is 18.3 Å². The molecular formula is C18H21N3O. The highest BCUT2D eigenvalue weighted by Crippen LogP contribution is 2.18. The molecule has 3 aromatic rings. The second kappa shape index (κ2) is 6.73. The average Bonchev–Trinajstić information content (AvgIpc) is 3.00. The van der Waals surface area contributed by atoms with Crippen molar-refractivity contribution in [3.8, 4) is 5.69 Å². The molecule has 0 aliphatic heterocycles. The van der Waals surface area contributed by atoms with Gasteiger partial charge >= 0.3 is 0 Å². The molecule has 2 N–H and O–H groups in total. The molecule has 3 rings (SSSR count). The van der Waals surface area contributed by atoms with Crippen molar-refractivity contribution in [2.75, 3.05) is 6.61 Å². The second-order valence-electron chi connectivity index (χ2n) is 5.44. The summed E-state index contributed by atoms with van der Waals surface area (Å²) in [6, 6.07) is 16.7. The van der Waals surface area contributed by atoms with Gasteiger partial charge in [0.05, 0.1) is 17.6 Å². The van der Waals surface area contributed by atoms with E-state index >= 15 is 0 Å². The van der Waals surface area contributed by atoms with E-state index in [0.29, 0.717) is 0 Å². The van der Waals surface area contributed by atoms with Crippen LogP contribution in [0.3, 0.4) is 0 Å². The van der Waals surface area contributed by atoms with Crippen LogP contribution in [-0.2, 0) is 6.54 Å². The molecule has 114 valence electrons. The molecular weight excluding hydrogens is 274 g/mol. The van der Waals surface area contributed by atoms with Crippen LogP contribution in [0.1, 0.15) is 18.9 Å². The van der Waals surface area contributed by atoms with Gasteiger partial charge in [-0.05, 0) is 36.2 Å². The number of rotatable bonds is 6. The van der Waals surface area contributed by atoms with Crippen LogP contribution in [0.5, 0.6) is 0 Å². The average molecular weight is 295 g/mol. The first-order chi connectivity index (χ1) is 10.8. The van der Waals surface area contributed by atoms with Crippen LogP contribution < -0.4 is 5.32 Å². The van der Waals surface area contributed by atoms with Crippen molar-refractivity contribution in [2.24, 2.45) is 0 Å². The molecule has 0 spiro atoms. The van der Waals surface area contributed by atoms with E-state index in [1.807, 2.05) is 24.5 Å². The molecule has 0 bridgehead atoms. The first-order valence-electron chi connectivity index (χ1n) is 7.67. The zero-order valence-electron chi connectivity index (χ0n) is 12.7. The smallest absolute Gasteiger partial charge is 0.100 e. The molecule has 4 heteroatoms. The van der Waals surface area contributed by atoms with Crippen LogP contribution in [0.4, 0.5) is 0 Å². The van der Waals surface area contributed by atoms with Crippen LogP contribution in [-0.4, -0.2) is 27.3 Å². The molecule has 1 atom stereocenters. The Labute approximate surface area is 130 Å². The fraction of sp³-hybridized carbons (Fsp3) is 0.278. The third-order valence-corrected chi connectivity index (χ3v) is 3.98. The zero-order valence-corrected chi connectivity index (χ0v) is 12.7. The highest BCUT2D eigenvalue weighted by Gasteiger charge is 2.05. The fourth-order valence-electron chi connectivity index (χ4n) is 2.54. The third kappa shape index (κ3) is 3.03. The maximum absolute atomic E-state index is 9.20. The van der Waals surface area contributed by atoms with Gasteiger partial charge in [0.15, 0.2) is 0 Å². The molecule has 4 nitrogen and oxygen atoms in total. The van der Waals surface area contributed by atoms with Crippen molar-refractivity contribution < 1.29 is 5.11 Å². The van der Waals surface area contributed by atoms with Crippen molar-refractivity contribution in [2.45, 2.75) is 25.9 Å². The maximum atomic E-state index is 9.20. The topological polar surface area (TPSA) is 50.1 Å². The number of imidazole rings is 1. The highest BCUT2D eigenvalue weighted by atomic mass is 16.3. The lowest BCUT2D eigenvalue weighted by molar-refractivity contribution is 0.238. The minimum absolute atomic E-state index is 0.164. The first-order valence-corrected chi connectivity index (χ1v) is 7.67. The van der Waals surface area contributed by atoms with Crippen LogP contribution >= 0.6 is 0 Å². The molecule has 0 aliphatic rings. The van der Waals surface area contributed by atoms with Gasteiger partial charge in [-0.2, -0.15) is 0 Å². The van der Waals surface area contributed by atoms with E-state index in [2.05, 4.69) is 52.1 Å². The van der Waals surface area contributed by atoms with Crippen molar-refractivity contribution in [3.63, 3.8) is 0 Å². The summed E-state index contributed by atoms with van der Waals surface area (Å²) in [5.41, 5.74) is 4.42. The number of aliphatic hydroxyl groups excluding tert-OH is 1. The van der Waals surface area contributed by atoms with E-state index < -0.39 is 0 Å². The Morgan fingerprint density at radius 3 is 2.64 bits per heavy atom. The summed E-state index contributed by atoms with van der Waals surface area (Å²) in [6.45, 7) is 3.01. The second-order valence-corrected chi connectivity index (χ2v) is 5.44. The molecule has 1 heterocycles. The molecule has 1 unspecified atom stereocenters. The fourth-order valence-corrected chi connectivity index (χ4v) is 2.54. The number of hydrogen-bond donors (Lipinski definition) is 2. The van der Waals surface area contributed by atoms with Crippen molar-refractivity contribution in [1.82, 2.24) is 14.9 Å². The minimum atomic E-state index is 0.164. The summed E-state index contributed by atoms with van der Waals surface area (Å²) in [6.07, 6.45) is 2.78. The SMILES string of the molecule is CCC(CO)NCc1ccc(-n2cnc3ccccc32)cc1. The van der Waals surface area contributed by atoms with Gasteiger partial charge in [-0.15, -0.1) is 0 Å². The summed E-state index contributed by atoms with van der Waals surface area (Å²) < 4.78 is 2.09. The summed E-state index contributed by atoms with van der Waals surface area (Å²) in [4.78, 5) is 4.42. The van der Waals surface area contributed by atoms with Gasteiger partial charge in [-0.3, -0.25) is 4.57 Å². The Hall–Kier alpha value is -2.17. The molecule has 0 saturated carbocycles. The molecule has 0 fully saturated rings. The predicted octanol–water partition coefficient (Wildman–Crippen LogP) is 2.89. The summed E-state index contributed by atoms with van der Waals surface area (Å²) in [5.74, 6) is 0. The Balaban J connectivity index is 1.77. The number of aliphatic hydroxyl groups is 1. The van der Waals surface area contributed by atoms with Crippen molar-refractivity contribution in [1.29, 1.82) is 0 Å². The van der Waals surface area contributed by atoms with E-state index in [4.69, 9.17) is 0 Å². The first kappa shape index (κ1) is 14.8. The van der Waals surface area contributed by atoms with E-state index in [0.717, 1.165) is 29.7 Å².